The summed E-state index contributed by atoms with van der Waals surface area (Å²) < 4.78 is 0.798. The molecule has 11 heavy (non-hydrogen) atoms. The number of halogens is 1. The molecule has 0 bridgehead atoms. The van der Waals surface area contributed by atoms with Crippen molar-refractivity contribution in [1.82, 2.24) is 9.97 Å². The van der Waals surface area contributed by atoms with E-state index in [1.165, 1.54) is 0 Å². The standard InChI is InChI=1S/C7H6BrN3/c8-7-6-4(1-2-10-7)5(9)3-11-6/h1-3,11H,9H2. The number of fused-ring (bicyclic) bond motifs is 1. The molecule has 0 aliphatic rings. The molecule has 0 radical (unpaired) electrons. The Kier molecular flexibility index (Phi) is 1.35. The van der Waals surface area contributed by atoms with Crippen LogP contribution in [0.1, 0.15) is 0 Å². The van der Waals surface area contributed by atoms with Crippen molar-refractivity contribution in [2.24, 2.45) is 0 Å². The Morgan fingerprint density at radius 3 is 3.09 bits per heavy atom. The van der Waals surface area contributed by atoms with Gasteiger partial charge >= 0.3 is 0 Å². The largest absolute Gasteiger partial charge is 0.397 e. The van der Waals surface area contributed by atoms with Crippen LogP contribution in [0, 0.1) is 0 Å². The van der Waals surface area contributed by atoms with Crippen molar-refractivity contribution in [1.29, 1.82) is 0 Å². The summed E-state index contributed by atoms with van der Waals surface area (Å²) in [7, 11) is 0. The molecule has 0 saturated carbocycles. The smallest absolute Gasteiger partial charge is 0.130 e. The number of pyridine rings is 1. The van der Waals surface area contributed by atoms with Crippen LogP contribution in [0.15, 0.2) is 23.1 Å². The lowest BCUT2D eigenvalue weighted by Crippen LogP contribution is -1.80. The molecule has 0 fully saturated rings. The second kappa shape index (κ2) is 2.23. The lowest BCUT2D eigenvalue weighted by atomic mass is 10.3. The van der Waals surface area contributed by atoms with Gasteiger partial charge in [-0.15, -0.1) is 0 Å². The van der Waals surface area contributed by atoms with E-state index in [9.17, 15) is 0 Å². The first kappa shape index (κ1) is 6.67. The molecule has 2 aromatic heterocycles. The maximum atomic E-state index is 5.67. The normalized spacial score (nSPS) is 10.6. The zero-order chi connectivity index (χ0) is 7.84. The summed E-state index contributed by atoms with van der Waals surface area (Å²) in [6.45, 7) is 0. The second-order valence-corrected chi connectivity index (χ2v) is 3.02. The monoisotopic (exact) mass is 211 g/mol. The van der Waals surface area contributed by atoms with Gasteiger partial charge in [0.2, 0.25) is 0 Å². The summed E-state index contributed by atoms with van der Waals surface area (Å²) in [6, 6.07) is 1.88. The molecule has 56 valence electrons. The van der Waals surface area contributed by atoms with Gasteiger partial charge in [0.25, 0.3) is 0 Å². The first-order chi connectivity index (χ1) is 5.29. The number of nitrogens with two attached hydrogens (primary N) is 1. The Hall–Kier alpha value is -1.03. The average molecular weight is 212 g/mol. The summed E-state index contributed by atoms with van der Waals surface area (Å²) >= 11 is 3.31. The van der Waals surface area contributed by atoms with Gasteiger partial charge in [0.1, 0.15) is 4.60 Å². The van der Waals surface area contributed by atoms with E-state index < -0.39 is 0 Å². The van der Waals surface area contributed by atoms with Gasteiger partial charge < -0.3 is 10.7 Å². The summed E-state index contributed by atoms with van der Waals surface area (Å²) in [4.78, 5) is 7.07. The fourth-order valence-electron chi connectivity index (χ4n) is 1.04. The highest BCUT2D eigenvalue weighted by molar-refractivity contribution is 9.10. The molecule has 0 saturated heterocycles. The van der Waals surface area contributed by atoms with Crippen LogP contribution in [-0.2, 0) is 0 Å². The molecule has 2 rings (SSSR count). The van der Waals surface area contributed by atoms with Gasteiger partial charge in [0.15, 0.2) is 0 Å². The van der Waals surface area contributed by atoms with Crippen molar-refractivity contribution in [3.05, 3.63) is 23.1 Å². The molecule has 0 aromatic carbocycles. The number of H-pyrrole nitrogens is 1. The number of rotatable bonds is 0. The zero-order valence-corrected chi connectivity index (χ0v) is 7.22. The van der Waals surface area contributed by atoms with Crippen molar-refractivity contribution in [3.8, 4) is 0 Å². The SMILES string of the molecule is Nc1c[nH]c2c(Br)nccc12. The first-order valence-corrected chi connectivity index (χ1v) is 3.95. The van der Waals surface area contributed by atoms with Gasteiger partial charge in [-0.2, -0.15) is 0 Å². The Balaban J connectivity index is 2.94. The van der Waals surface area contributed by atoms with Crippen LogP contribution in [0.25, 0.3) is 10.9 Å². The number of hydrogen-bond donors (Lipinski definition) is 2. The van der Waals surface area contributed by atoms with Crippen molar-refractivity contribution in [2.75, 3.05) is 5.73 Å². The molecule has 0 unspecified atom stereocenters. The third-order valence-corrected chi connectivity index (χ3v) is 2.19. The Bertz CT molecular complexity index is 393. The highest BCUT2D eigenvalue weighted by atomic mass is 79.9. The van der Waals surface area contributed by atoms with Crippen LogP contribution in [0.4, 0.5) is 5.69 Å². The predicted molar refractivity (Wildman–Crippen MR) is 48.2 cm³/mol. The van der Waals surface area contributed by atoms with E-state index in [0.717, 1.165) is 21.2 Å². The topological polar surface area (TPSA) is 54.7 Å². The fourth-order valence-corrected chi connectivity index (χ4v) is 1.49. The average Bonchev–Trinajstić information content (AvgIpc) is 2.35. The molecule has 0 amide bonds. The molecule has 0 spiro atoms. The van der Waals surface area contributed by atoms with E-state index in [2.05, 4.69) is 25.9 Å². The van der Waals surface area contributed by atoms with E-state index in [4.69, 9.17) is 5.73 Å². The maximum absolute atomic E-state index is 5.67. The zero-order valence-electron chi connectivity index (χ0n) is 5.63. The summed E-state index contributed by atoms with van der Waals surface area (Å²) in [5.74, 6) is 0. The van der Waals surface area contributed by atoms with Gasteiger partial charge in [-0.25, -0.2) is 4.98 Å². The molecule has 2 heterocycles. The van der Waals surface area contributed by atoms with Crippen molar-refractivity contribution < 1.29 is 0 Å². The number of nitrogen functional groups attached to an aromatic ring is 1. The van der Waals surface area contributed by atoms with Crippen LogP contribution in [0.3, 0.4) is 0 Å². The van der Waals surface area contributed by atoms with Crippen LogP contribution in [0.5, 0.6) is 0 Å². The van der Waals surface area contributed by atoms with Gasteiger partial charge in [-0.3, -0.25) is 0 Å². The van der Waals surface area contributed by atoms with Crippen molar-refractivity contribution in [2.45, 2.75) is 0 Å². The number of aromatic nitrogens is 2. The van der Waals surface area contributed by atoms with Crippen LogP contribution in [-0.4, -0.2) is 9.97 Å². The van der Waals surface area contributed by atoms with Crippen molar-refractivity contribution in [3.63, 3.8) is 0 Å². The van der Waals surface area contributed by atoms with E-state index >= 15 is 0 Å². The molecule has 3 nitrogen and oxygen atoms in total. The van der Waals surface area contributed by atoms with Gasteiger partial charge in [0.05, 0.1) is 11.2 Å². The summed E-state index contributed by atoms with van der Waals surface area (Å²) in [6.07, 6.45) is 3.48. The highest BCUT2D eigenvalue weighted by Crippen LogP contribution is 2.24. The van der Waals surface area contributed by atoms with Crippen molar-refractivity contribution >= 4 is 32.5 Å². The minimum Gasteiger partial charge on any atom is -0.397 e. The number of hydrogen-bond acceptors (Lipinski definition) is 2. The molecule has 4 heteroatoms. The number of nitrogens with one attached hydrogen (secondary N) is 1. The maximum Gasteiger partial charge on any atom is 0.130 e. The molecule has 0 aliphatic carbocycles. The van der Waals surface area contributed by atoms with E-state index in [1.807, 2.05) is 6.07 Å². The number of aromatic amines is 1. The molecule has 2 aromatic rings. The lowest BCUT2D eigenvalue weighted by Gasteiger charge is -1.91. The number of nitrogens with zero attached hydrogens (tertiary/aromatic N) is 1. The summed E-state index contributed by atoms with van der Waals surface area (Å²) in [5, 5.41) is 1.01. The Labute approximate surface area is 71.7 Å². The first-order valence-electron chi connectivity index (χ1n) is 3.16. The van der Waals surface area contributed by atoms with Gasteiger partial charge in [-0.05, 0) is 22.0 Å². The van der Waals surface area contributed by atoms with Gasteiger partial charge in [-0.1, -0.05) is 0 Å². The minimum absolute atomic E-state index is 0.753. The predicted octanol–water partition coefficient (Wildman–Crippen LogP) is 1.91. The van der Waals surface area contributed by atoms with E-state index in [1.54, 1.807) is 12.4 Å². The Morgan fingerprint density at radius 1 is 1.55 bits per heavy atom. The fraction of sp³-hybridized carbons (Fsp3) is 0. The second-order valence-electron chi connectivity index (χ2n) is 2.27. The molecule has 0 atom stereocenters. The molecular weight excluding hydrogens is 206 g/mol. The lowest BCUT2D eigenvalue weighted by molar-refractivity contribution is 1.29. The quantitative estimate of drug-likeness (QED) is 0.655. The minimum atomic E-state index is 0.753. The van der Waals surface area contributed by atoms with E-state index in [-0.39, 0.29) is 0 Å². The summed E-state index contributed by atoms with van der Waals surface area (Å²) in [5.41, 5.74) is 7.37. The highest BCUT2D eigenvalue weighted by Gasteiger charge is 2.02. The molecule has 3 N–H and O–H groups in total. The molecular formula is C7H6BrN3. The third-order valence-electron chi connectivity index (χ3n) is 1.59. The van der Waals surface area contributed by atoms with Crippen LogP contribution < -0.4 is 5.73 Å². The van der Waals surface area contributed by atoms with Crippen LogP contribution in [0.2, 0.25) is 0 Å². The van der Waals surface area contributed by atoms with E-state index in [0.29, 0.717) is 0 Å². The number of anilines is 1. The molecule has 0 aliphatic heterocycles. The Morgan fingerprint density at radius 2 is 2.36 bits per heavy atom. The van der Waals surface area contributed by atoms with Crippen LogP contribution >= 0.6 is 15.9 Å². The third kappa shape index (κ3) is 0.903. The van der Waals surface area contributed by atoms with Gasteiger partial charge in [0, 0.05) is 17.8 Å².